The van der Waals surface area contributed by atoms with Crippen LogP contribution in [0.25, 0.3) is 0 Å². The van der Waals surface area contributed by atoms with Gasteiger partial charge in [-0.25, -0.2) is 0 Å². The van der Waals surface area contributed by atoms with E-state index in [1.165, 1.54) is 0 Å². The van der Waals surface area contributed by atoms with Gasteiger partial charge >= 0.3 is 0 Å². The van der Waals surface area contributed by atoms with Crippen molar-refractivity contribution in [1.82, 2.24) is 20.4 Å². The molecule has 0 radical (unpaired) electrons. The smallest absolute Gasteiger partial charge is 0.224 e. The van der Waals surface area contributed by atoms with E-state index in [4.69, 9.17) is 0 Å². The summed E-state index contributed by atoms with van der Waals surface area (Å²) in [5.74, 6) is -1.18. The molecule has 2 rings (SSSR count). The van der Waals surface area contributed by atoms with Crippen LogP contribution in [-0.2, 0) is 16.1 Å². The van der Waals surface area contributed by atoms with Gasteiger partial charge in [0.2, 0.25) is 11.8 Å². The minimum Gasteiger partial charge on any atom is -0.356 e. The number of hydrogen-bond donors (Lipinski definition) is 2. The van der Waals surface area contributed by atoms with Gasteiger partial charge in [0.15, 0.2) is 5.78 Å². The highest BCUT2D eigenvalue weighted by molar-refractivity contribution is 9.10. The summed E-state index contributed by atoms with van der Waals surface area (Å²) < 4.78 is 2.29. The van der Waals surface area contributed by atoms with Gasteiger partial charge in [-0.2, -0.15) is 10.4 Å². The van der Waals surface area contributed by atoms with Crippen LogP contribution in [0.3, 0.4) is 0 Å². The fraction of sp³-hybridized carbons (Fsp3) is 0.667. The minimum atomic E-state index is -0.758. The topological polar surface area (TPSA) is 117 Å². The maximum absolute atomic E-state index is 13.0. The van der Waals surface area contributed by atoms with Gasteiger partial charge in [0.05, 0.1) is 16.2 Å². The first-order valence-corrected chi connectivity index (χ1v) is 11.2. The Bertz CT molecular complexity index is 842. The van der Waals surface area contributed by atoms with Gasteiger partial charge in [0.1, 0.15) is 11.7 Å². The van der Waals surface area contributed by atoms with Crippen molar-refractivity contribution in [3.05, 3.63) is 15.9 Å². The van der Waals surface area contributed by atoms with Crippen LogP contribution in [0, 0.1) is 36.0 Å². The fourth-order valence-corrected chi connectivity index (χ4v) is 4.32. The number of carbonyl (C=O) groups is 3. The number of rotatable bonds is 10. The number of amides is 2. The number of halogens is 1. The Morgan fingerprint density at radius 3 is 2.67 bits per heavy atom. The second-order valence-corrected chi connectivity index (χ2v) is 9.01. The van der Waals surface area contributed by atoms with E-state index >= 15 is 0 Å². The van der Waals surface area contributed by atoms with Crippen LogP contribution in [0.5, 0.6) is 0 Å². The molecule has 0 unspecified atom stereocenters. The highest BCUT2D eigenvalue weighted by atomic mass is 79.9. The van der Waals surface area contributed by atoms with Gasteiger partial charge in [0, 0.05) is 31.3 Å². The molecule has 1 saturated heterocycles. The molecule has 164 valence electrons. The van der Waals surface area contributed by atoms with Crippen LogP contribution in [0.4, 0.5) is 0 Å². The third kappa shape index (κ3) is 5.91. The summed E-state index contributed by atoms with van der Waals surface area (Å²) in [6.45, 7) is 8.86. The first-order valence-electron chi connectivity index (χ1n) is 10.4. The maximum atomic E-state index is 13.0. The lowest BCUT2D eigenvalue weighted by Gasteiger charge is -2.21. The summed E-state index contributed by atoms with van der Waals surface area (Å²) in [4.78, 5) is 37.8. The first kappa shape index (κ1) is 24.1. The van der Waals surface area contributed by atoms with Gasteiger partial charge in [-0.15, -0.1) is 0 Å². The van der Waals surface area contributed by atoms with Gasteiger partial charge < -0.3 is 10.6 Å². The Labute approximate surface area is 185 Å². The molecule has 0 spiro atoms. The fourth-order valence-electron chi connectivity index (χ4n) is 3.82. The SMILES string of the molecule is CCn1nc(C)c(Br)c1C(=O)C[C@@H](CC(C)C)C(=O)N[C@H](C#N)C[C@@H]1CCNC1=O. The van der Waals surface area contributed by atoms with Crippen molar-refractivity contribution in [2.45, 2.75) is 66.0 Å². The standard InChI is InChI=1S/C21H30BrN5O3/c1-5-27-19(18(22)13(4)26-27)17(28)10-15(8-12(2)3)21(30)25-16(11-23)9-14-6-7-24-20(14)29/h12,14-16H,5-10H2,1-4H3,(H,24,29)(H,25,30)/t14-,15+,16-/m0/s1. The van der Waals surface area contributed by atoms with Crippen molar-refractivity contribution in [2.75, 3.05) is 6.54 Å². The lowest BCUT2D eigenvalue weighted by atomic mass is 9.90. The van der Waals surface area contributed by atoms with Crippen LogP contribution in [-0.4, -0.2) is 40.0 Å². The summed E-state index contributed by atoms with van der Waals surface area (Å²) in [7, 11) is 0. The number of hydrogen-bond acceptors (Lipinski definition) is 5. The molecule has 30 heavy (non-hydrogen) atoms. The van der Waals surface area contributed by atoms with E-state index < -0.39 is 12.0 Å². The lowest BCUT2D eigenvalue weighted by molar-refractivity contribution is -0.127. The Kier molecular flexibility index (Phi) is 8.59. The molecule has 0 bridgehead atoms. The molecule has 3 atom stereocenters. The molecule has 2 N–H and O–H groups in total. The molecule has 2 amide bonds. The summed E-state index contributed by atoms with van der Waals surface area (Å²) >= 11 is 3.44. The number of aromatic nitrogens is 2. The van der Waals surface area contributed by atoms with E-state index in [2.05, 4.69) is 37.7 Å². The Balaban J connectivity index is 2.12. The Hall–Kier alpha value is -2.21. The molecule has 9 heteroatoms. The highest BCUT2D eigenvalue weighted by Crippen LogP contribution is 2.26. The molecular formula is C21H30BrN5O3. The zero-order valence-corrected chi connectivity index (χ0v) is 19.6. The van der Waals surface area contributed by atoms with Crippen molar-refractivity contribution in [3.63, 3.8) is 0 Å². The monoisotopic (exact) mass is 479 g/mol. The third-order valence-electron chi connectivity index (χ3n) is 5.33. The van der Waals surface area contributed by atoms with Crippen LogP contribution in [0.1, 0.15) is 62.6 Å². The average molecular weight is 480 g/mol. The number of nitrogens with one attached hydrogen (secondary N) is 2. The van der Waals surface area contributed by atoms with Crippen LogP contribution < -0.4 is 10.6 Å². The molecule has 1 aliphatic rings. The van der Waals surface area contributed by atoms with E-state index in [0.29, 0.717) is 36.1 Å². The molecule has 1 aliphatic heterocycles. The van der Waals surface area contributed by atoms with Gasteiger partial charge in [0.25, 0.3) is 0 Å². The van der Waals surface area contributed by atoms with Crippen LogP contribution in [0.15, 0.2) is 4.47 Å². The molecule has 2 heterocycles. The molecule has 0 saturated carbocycles. The number of carbonyl (C=O) groups excluding carboxylic acids is 3. The van der Waals surface area contributed by atoms with E-state index in [-0.39, 0.29) is 42.3 Å². The van der Waals surface area contributed by atoms with Gasteiger partial charge in [-0.05, 0) is 55.0 Å². The van der Waals surface area contributed by atoms with Crippen LogP contribution >= 0.6 is 15.9 Å². The number of nitriles is 1. The molecule has 1 aromatic rings. The van der Waals surface area contributed by atoms with E-state index in [1.54, 1.807) is 4.68 Å². The predicted octanol–water partition coefficient (Wildman–Crippen LogP) is 2.74. The van der Waals surface area contributed by atoms with Crippen molar-refractivity contribution in [1.29, 1.82) is 5.26 Å². The van der Waals surface area contributed by atoms with E-state index in [0.717, 1.165) is 5.69 Å². The van der Waals surface area contributed by atoms with Crippen molar-refractivity contribution in [2.24, 2.45) is 17.8 Å². The van der Waals surface area contributed by atoms with Crippen molar-refractivity contribution in [3.8, 4) is 6.07 Å². The highest BCUT2D eigenvalue weighted by Gasteiger charge is 2.31. The number of Topliss-reactive ketones (excluding diaryl/α,β-unsaturated/α-hetero) is 1. The maximum Gasteiger partial charge on any atom is 0.224 e. The average Bonchev–Trinajstić information content (AvgIpc) is 3.22. The zero-order valence-electron chi connectivity index (χ0n) is 18.0. The molecule has 1 fully saturated rings. The molecule has 1 aromatic heterocycles. The summed E-state index contributed by atoms with van der Waals surface area (Å²) in [6, 6.07) is 1.33. The van der Waals surface area contributed by atoms with Gasteiger partial charge in [-0.1, -0.05) is 13.8 Å². The first-order chi connectivity index (χ1) is 14.2. The number of ketones is 1. The largest absolute Gasteiger partial charge is 0.356 e. The Morgan fingerprint density at radius 2 is 2.13 bits per heavy atom. The van der Waals surface area contributed by atoms with Crippen molar-refractivity contribution < 1.29 is 14.4 Å². The van der Waals surface area contributed by atoms with E-state index in [9.17, 15) is 19.6 Å². The van der Waals surface area contributed by atoms with Crippen molar-refractivity contribution >= 4 is 33.5 Å². The second-order valence-electron chi connectivity index (χ2n) is 8.22. The number of aryl methyl sites for hydroxylation is 2. The van der Waals surface area contributed by atoms with E-state index in [1.807, 2.05) is 27.7 Å². The molecular weight excluding hydrogens is 450 g/mol. The minimum absolute atomic E-state index is 0.0375. The zero-order chi connectivity index (χ0) is 22.4. The second kappa shape index (κ2) is 10.7. The van der Waals surface area contributed by atoms with Gasteiger partial charge in [-0.3, -0.25) is 19.1 Å². The Morgan fingerprint density at radius 1 is 1.43 bits per heavy atom. The quantitative estimate of drug-likeness (QED) is 0.500. The molecule has 0 aliphatic carbocycles. The third-order valence-corrected chi connectivity index (χ3v) is 6.28. The normalized spacial score (nSPS) is 18.0. The number of nitrogens with zero attached hydrogens (tertiary/aromatic N) is 3. The van der Waals surface area contributed by atoms with Crippen LogP contribution in [0.2, 0.25) is 0 Å². The molecule has 0 aromatic carbocycles. The lowest BCUT2D eigenvalue weighted by Crippen LogP contribution is -2.41. The summed E-state index contributed by atoms with van der Waals surface area (Å²) in [6.07, 6.45) is 1.51. The predicted molar refractivity (Wildman–Crippen MR) is 116 cm³/mol. The summed E-state index contributed by atoms with van der Waals surface area (Å²) in [5.41, 5.74) is 1.19. The molecule has 8 nitrogen and oxygen atoms in total. The summed E-state index contributed by atoms with van der Waals surface area (Å²) in [5, 5.41) is 19.3.